The average molecular weight is 279 g/mol. The molecule has 2 N–H and O–H groups in total. The zero-order valence-electron chi connectivity index (χ0n) is 12.3. The van der Waals surface area contributed by atoms with Crippen molar-refractivity contribution in [2.24, 2.45) is 5.92 Å². The summed E-state index contributed by atoms with van der Waals surface area (Å²) in [4.78, 5) is 31.1. The number of nitrogens with zero attached hydrogens (tertiary/aromatic N) is 2. The zero-order chi connectivity index (χ0) is 15.3. The second-order valence-corrected chi connectivity index (χ2v) is 5.28. The van der Waals surface area contributed by atoms with E-state index in [0.29, 0.717) is 23.6 Å². The Morgan fingerprint density at radius 3 is 2.55 bits per heavy atom. The van der Waals surface area contributed by atoms with Crippen LogP contribution in [0.15, 0.2) is 6.20 Å². The lowest BCUT2D eigenvalue weighted by molar-refractivity contribution is -0.137. The molecule has 0 spiro atoms. The number of carboxylic acid groups (broad SMARTS) is 1. The summed E-state index contributed by atoms with van der Waals surface area (Å²) in [6.45, 7) is 7.81. The highest BCUT2D eigenvalue weighted by atomic mass is 16.4. The van der Waals surface area contributed by atoms with E-state index in [9.17, 15) is 9.59 Å². The Balaban J connectivity index is 2.75. The third kappa shape index (κ3) is 4.60. The van der Waals surface area contributed by atoms with E-state index in [0.717, 1.165) is 0 Å². The van der Waals surface area contributed by atoms with Crippen molar-refractivity contribution in [2.75, 3.05) is 6.54 Å². The molecule has 0 radical (unpaired) electrons. The molecule has 1 heterocycles. The molecule has 0 aliphatic heterocycles. The van der Waals surface area contributed by atoms with Gasteiger partial charge in [-0.05, 0) is 18.8 Å². The number of aromatic nitrogens is 2. The summed E-state index contributed by atoms with van der Waals surface area (Å²) in [6.07, 6.45) is 1.55. The first-order chi connectivity index (χ1) is 9.31. The van der Waals surface area contributed by atoms with Crippen molar-refractivity contribution < 1.29 is 14.7 Å². The zero-order valence-corrected chi connectivity index (χ0v) is 12.3. The molecule has 0 saturated carbocycles. The quantitative estimate of drug-likeness (QED) is 0.827. The van der Waals surface area contributed by atoms with Crippen molar-refractivity contribution in [3.63, 3.8) is 0 Å². The number of aryl methyl sites for hydroxylation is 1. The molecule has 0 saturated heterocycles. The second kappa shape index (κ2) is 6.98. The molecule has 0 fully saturated rings. The predicted molar refractivity (Wildman–Crippen MR) is 74.6 cm³/mol. The molecule has 0 bridgehead atoms. The lowest BCUT2D eigenvalue weighted by Crippen LogP contribution is -2.30. The average Bonchev–Trinajstić information content (AvgIpc) is 2.35. The summed E-state index contributed by atoms with van der Waals surface area (Å²) >= 11 is 0. The lowest BCUT2D eigenvalue weighted by atomic mass is 10.0. The van der Waals surface area contributed by atoms with Crippen LogP contribution in [-0.2, 0) is 4.79 Å². The van der Waals surface area contributed by atoms with Crippen LogP contribution >= 0.6 is 0 Å². The van der Waals surface area contributed by atoms with Crippen LogP contribution in [0.5, 0.6) is 0 Å². The number of hydrogen-bond acceptors (Lipinski definition) is 4. The number of rotatable bonds is 6. The number of carbonyl (C=O) groups excluding carboxylic acids is 1. The molecule has 110 valence electrons. The molecule has 1 amide bonds. The second-order valence-electron chi connectivity index (χ2n) is 5.28. The third-order valence-corrected chi connectivity index (χ3v) is 2.86. The molecular formula is C14H21N3O3. The summed E-state index contributed by atoms with van der Waals surface area (Å²) in [5.41, 5.74) is 1.16. The van der Waals surface area contributed by atoms with Gasteiger partial charge < -0.3 is 10.4 Å². The van der Waals surface area contributed by atoms with Gasteiger partial charge in [-0.1, -0.05) is 20.8 Å². The first-order valence-electron chi connectivity index (χ1n) is 6.64. The Kier molecular flexibility index (Phi) is 5.61. The van der Waals surface area contributed by atoms with E-state index in [1.165, 1.54) is 6.20 Å². The van der Waals surface area contributed by atoms with Gasteiger partial charge in [0, 0.05) is 19.2 Å². The topological polar surface area (TPSA) is 92.2 Å². The van der Waals surface area contributed by atoms with Crippen molar-refractivity contribution in [1.82, 2.24) is 15.3 Å². The summed E-state index contributed by atoms with van der Waals surface area (Å²) < 4.78 is 0. The molecule has 0 aromatic carbocycles. The molecule has 1 atom stereocenters. The molecule has 1 aromatic rings. The maximum Gasteiger partial charge on any atom is 0.303 e. The smallest absolute Gasteiger partial charge is 0.303 e. The number of hydrogen-bond donors (Lipinski definition) is 2. The minimum Gasteiger partial charge on any atom is -0.481 e. The third-order valence-electron chi connectivity index (χ3n) is 2.86. The van der Waals surface area contributed by atoms with Gasteiger partial charge in [0.1, 0.15) is 5.82 Å². The van der Waals surface area contributed by atoms with Gasteiger partial charge in [-0.2, -0.15) is 0 Å². The van der Waals surface area contributed by atoms with E-state index in [-0.39, 0.29) is 24.2 Å². The van der Waals surface area contributed by atoms with Crippen LogP contribution in [-0.4, -0.2) is 33.5 Å². The SMILES string of the molecule is Cc1ncc(C(=O)NCC(C)CC(=O)O)c(C(C)C)n1. The molecule has 1 unspecified atom stereocenters. The standard InChI is InChI=1S/C14H21N3O3/c1-8(2)13-11(7-15-10(4)17-13)14(20)16-6-9(3)5-12(18)19/h7-9H,5-6H2,1-4H3,(H,16,20)(H,18,19). The molecular weight excluding hydrogens is 258 g/mol. The molecule has 6 heteroatoms. The summed E-state index contributed by atoms with van der Waals surface area (Å²) in [5.74, 6) is -0.497. The number of aliphatic carboxylic acids is 1. The fraction of sp³-hybridized carbons (Fsp3) is 0.571. The molecule has 6 nitrogen and oxygen atoms in total. The van der Waals surface area contributed by atoms with Crippen molar-refractivity contribution >= 4 is 11.9 Å². The first-order valence-corrected chi connectivity index (χ1v) is 6.64. The number of amides is 1. The van der Waals surface area contributed by atoms with Gasteiger partial charge >= 0.3 is 5.97 Å². The van der Waals surface area contributed by atoms with Gasteiger partial charge in [0.25, 0.3) is 5.91 Å². The number of nitrogens with one attached hydrogen (secondary N) is 1. The van der Waals surface area contributed by atoms with Gasteiger partial charge in [-0.3, -0.25) is 9.59 Å². The maximum atomic E-state index is 12.1. The van der Waals surface area contributed by atoms with E-state index >= 15 is 0 Å². The minimum absolute atomic E-state index is 0.0295. The van der Waals surface area contributed by atoms with Crippen LogP contribution < -0.4 is 5.32 Å². The number of carboxylic acids is 1. The molecule has 20 heavy (non-hydrogen) atoms. The number of carbonyl (C=O) groups is 2. The van der Waals surface area contributed by atoms with Crippen molar-refractivity contribution in [3.05, 3.63) is 23.3 Å². The normalized spacial score (nSPS) is 12.2. The largest absolute Gasteiger partial charge is 0.481 e. The lowest BCUT2D eigenvalue weighted by Gasteiger charge is -2.14. The van der Waals surface area contributed by atoms with Gasteiger partial charge in [0.15, 0.2) is 0 Å². The summed E-state index contributed by atoms with van der Waals surface area (Å²) in [6, 6.07) is 0. The van der Waals surface area contributed by atoms with Crippen molar-refractivity contribution in [2.45, 2.75) is 40.0 Å². The highest BCUT2D eigenvalue weighted by Crippen LogP contribution is 2.16. The Hall–Kier alpha value is -1.98. The van der Waals surface area contributed by atoms with Crippen LogP contribution in [0.25, 0.3) is 0 Å². The maximum absolute atomic E-state index is 12.1. The highest BCUT2D eigenvalue weighted by Gasteiger charge is 2.17. The van der Waals surface area contributed by atoms with Crippen LogP contribution in [0.4, 0.5) is 0 Å². The molecule has 0 aliphatic rings. The van der Waals surface area contributed by atoms with Crippen LogP contribution in [0, 0.1) is 12.8 Å². The Morgan fingerprint density at radius 2 is 2.00 bits per heavy atom. The van der Waals surface area contributed by atoms with Gasteiger partial charge in [-0.15, -0.1) is 0 Å². The predicted octanol–water partition coefficient (Wildman–Crippen LogP) is 1.75. The Labute approximate surface area is 118 Å². The van der Waals surface area contributed by atoms with Crippen LogP contribution in [0.3, 0.4) is 0 Å². The van der Waals surface area contributed by atoms with E-state index < -0.39 is 5.97 Å². The highest BCUT2D eigenvalue weighted by molar-refractivity contribution is 5.95. The fourth-order valence-electron chi connectivity index (χ4n) is 1.83. The molecule has 1 aromatic heterocycles. The van der Waals surface area contributed by atoms with Gasteiger partial charge in [0.2, 0.25) is 0 Å². The van der Waals surface area contributed by atoms with Gasteiger partial charge in [-0.25, -0.2) is 9.97 Å². The molecule has 1 rings (SSSR count). The fourth-order valence-corrected chi connectivity index (χ4v) is 1.83. The minimum atomic E-state index is -0.867. The van der Waals surface area contributed by atoms with Crippen LogP contribution in [0.2, 0.25) is 0 Å². The van der Waals surface area contributed by atoms with E-state index in [1.54, 1.807) is 13.8 Å². The van der Waals surface area contributed by atoms with Crippen LogP contribution in [0.1, 0.15) is 55.0 Å². The monoisotopic (exact) mass is 279 g/mol. The summed E-state index contributed by atoms with van der Waals surface area (Å²) in [7, 11) is 0. The van der Waals surface area contributed by atoms with E-state index in [2.05, 4.69) is 15.3 Å². The van der Waals surface area contributed by atoms with E-state index in [4.69, 9.17) is 5.11 Å². The summed E-state index contributed by atoms with van der Waals surface area (Å²) in [5, 5.41) is 11.4. The molecule has 0 aliphatic carbocycles. The van der Waals surface area contributed by atoms with Gasteiger partial charge in [0.05, 0.1) is 11.3 Å². The Bertz CT molecular complexity index is 500. The first kappa shape index (κ1) is 16.1. The Morgan fingerprint density at radius 1 is 1.35 bits per heavy atom. The van der Waals surface area contributed by atoms with Crippen molar-refractivity contribution in [3.8, 4) is 0 Å². The van der Waals surface area contributed by atoms with Crippen molar-refractivity contribution in [1.29, 1.82) is 0 Å². The van der Waals surface area contributed by atoms with E-state index in [1.807, 2.05) is 13.8 Å².